The second-order valence-corrected chi connectivity index (χ2v) is 4.37. The molecule has 1 aromatic rings. The molecule has 88 valence electrons. The Morgan fingerprint density at radius 3 is 2.56 bits per heavy atom. The molecule has 1 aromatic heterocycles. The van der Waals surface area contributed by atoms with Gasteiger partial charge in [0.2, 0.25) is 0 Å². The lowest BCUT2D eigenvalue weighted by molar-refractivity contribution is 0.0925. The van der Waals surface area contributed by atoms with Crippen molar-refractivity contribution >= 4 is 5.91 Å². The van der Waals surface area contributed by atoms with Crippen LogP contribution in [0.2, 0.25) is 0 Å². The van der Waals surface area contributed by atoms with Gasteiger partial charge in [0.25, 0.3) is 5.91 Å². The molecule has 1 fully saturated rings. The van der Waals surface area contributed by atoms with Gasteiger partial charge in [0.15, 0.2) is 5.69 Å². The third-order valence-corrected chi connectivity index (χ3v) is 3.09. The predicted molar refractivity (Wildman–Crippen MR) is 60.0 cm³/mol. The van der Waals surface area contributed by atoms with Crippen molar-refractivity contribution < 1.29 is 4.79 Å². The Balaban J connectivity index is 1.85. The number of rotatable bonds is 2. The van der Waals surface area contributed by atoms with Gasteiger partial charge in [-0.15, -0.1) is 0 Å². The third-order valence-electron chi connectivity index (χ3n) is 3.09. The average molecular weight is 222 g/mol. The largest absolute Gasteiger partial charge is 0.348 e. The minimum atomic E-state index is -0.112. The molecule has 0 aliphatic heterocycles. The van der Waals surface area contributed by atoms with E-state index in [2.05, 4.69) is 20.7 Å². The highest BCUT2D eigenvalue weighted by Gasteiger charge is 2.16. The highest BCUT2D eigenvalue weighted by atomic mass is 16.2. The maximum absolute atomic E-state index is 11.7. The molecule has 1 aliphatic carbocycles. The lowest BCUT2D eigenvalue weighted by atomic mass is 9.97. The monoisotopic (exact) mass is 222 g/mol. The smallest absolute Gasteiger partial charge is 0.273 e. The van der Waals surface area contributed by atoms with Gasteiger partial charge in [0, 0.05) is 6.04 Å². The van der Waals surface area contributed by atoms with Gasteiger partial charge < -0.3 is 5.32 Å². The van der Waals surface area contributed by atoms with E-state index in [0.717, 1.165) is 12.8 Å². The lowest BCUT2D eigenvalue weighted by Gasteiger charge is -2.20. The number of carbonyl (C=O) groups excluding carboxylic acids is 1. The molecule has 0 unspecified atom stereocenters. The van der Waals surface area contributed by atoms with E-state index in [1.807, 2.05) is 0 Å². The first-order chi connectivity index (χ1) is 7.86. The number of aromatic nitrogens is 3. The minimum Gasteiger partial charge on any atom is -0.348 e. The van der Waals surface area contributed by atoms with Crippen molar-refractivity contribution in [3.8, 4) is 0 Å². The second-order valence-electron chi connectivity index (χ2n) is 4.37. The van der Waals surface area contributed by atoms with Crippen molar-refractivity contribution in [2.45, 2.75) is 51.0 Å². The van der Waals surface area contributed by atoms with Crippen molar-refractivity contribution in [2.24, 2.45) is 0 Å². The molecule has 0 saturated heterocycles. The van der Waals surface area contributed by atoms with E-state index in [4.69, 9.17) is 0 Å². The molecule has 5 nitrogen and oxygen atoms in total. The van der Waals surface area contributed by atoms with Crippen LogP contribution in [-0.4, -0.2) is 27.4 Å². The number of hydrogen-bond donors (Lipinski definition) is 2. The second kappa shape index (κ2) is 5.63. The quantitative estimate of drug-likeness (QED) is 0.799. The highest BCUT2D eigenvalue weighted by Crippen LogP contribution is 2.17. The van der Waals surface area contributed by atoms with Crippen molar-refractivity contribution in [3.63, 3.8) is 0 Å². The number of hydrogen-bond acceptors (Lipinski definition) is 3. The molecule has 1 saturated carbocycles. The molecule has 16 heavy (non-hydrogen) atoms. The Hall–Kier alpha value is -1.39. The molecule has 2 N–H and O–H groups in total. The van der Waals surface area contributed by atoms with Gasteiger partial charge >= 0.3 is 0 Å². The Bertz CT molecular complexity index is 315. The van der Waals surface area contributed by atoms with Crippen LogP contribution in [0.3, 0.4) is 0 Å². The predicted octanol–water partition coefficient (Wildman–Crippen LogP) is 1.65. The first-order valence-electron chi connectivity index (χ1n) is 6.03. The van der Waals surface area contributed by atoms with Crippen molar-refractivity contribution in [1.29, 1.82) is 0 Å². The molecular formula is C11H18N4O. The Morgan fingerprint density at radius 1 is 1.25 bits per heavy atom. The average Bonchev–Trinajstić information content (AvgIpc) is 2.74. The summed E-state index contributed by atoms with van der Waals surface area (Å²) in [6, 6.07) is 0.310. The van der Waals surface area contributed by atoms with Crippen molar-refractivity contribution in [2.75, 3.05) is 0 Å². The molecule has 1 aliphatic rings. The van der Waals surface area contributed by atoms with E-state index < -0.39 is 0 Å². The molecule has 2 rings (SSSR count). The fraction of sp³-hybridized carbons (Fsp3) is 0.727. The summed E-state index contributed by atoms with van der Waals surface area (Å²) in [5.74, 6) is -0.112. The van der Waals surface area contributed by atoms with Crippen LogP contribution in [0, 0.1) is 0 Å². The van der Waals surface area contributed by atoms with Crippen LogP contribution in [0.4, 0.5) is 0 Å². The van der Waals surface area contributed by atoms with Gasteiger partial charge in [0.05, 0.1) is 6.20 Å². The minimum absolute atomic E-state index is 0.112. The summed E-state index contributed by atoms with van der Waals surface area (Å²) < 4.78 is 0. The molecule has 1 heterocycles. The highest BCUT2D eigenvalue weighted by molar-refractivity contribution is 5.91. The van der Waals surface area contributed by atoms with E-state index in [9.17, 15) is 4.79 Å². The summed E-state index contributed by atoms with van der Waals surface area (Å²) in [6.07, 6.45) is 9.97. The van der Waals surface area contributed by atoms with Crippen LogP contribution in [0.25, 0.3) is 0 Å². The normalized spacial score (nSPS) is 18.8. The van der Waals surface area contributed by atoms with Crippen molar-refractivity contribution in [1.82, 2.24) is 20.7 Å². The van der Waals surface area contributed by atoms with Gasteiger partial charge in [-0.05, 0) is 12.8 Å². The Labute approximate surface area is 95.0 Å². The number of nitrogens with one attached hydrogen (secondary N) is 2. The van der Waals surface area contributed by atoms with Crippen LogP contribution in [-0.2, 0) is 0 Å². The Kier molecular flexibility index (Phi) is 3.91. The van der Waals surface area contributed by atoms with E-state index >= 15 is 0 Å². The number of aromatic amines is 1. The molecule has 0 aromatic carbocycles. The van der Waals surface area contributed by atoms with Gasteiger partial charge in [-0.2, -0.15) is 15.4 Å². The summed E-state index contributed by atoms with van der Waals surface area (Å²) in [5, 5.41) is 12.9. The van der Waals surface area contributed by atoms with Gasteiger partial charge in [-0.1, -0.05) is 32.1 Å². The first kappa shape index (κ1) is 11.1. The van der Waals surface area contributed by atoms with Crippen molar-refractivity contribution in [3.05, 3.63) is 11.9 Å². The topological polar surface area (TPSA) is 70.7 Å². The van der Waals surface area contributed by atoms with E-state index in [1.54, 1.807) is 0 Å². The maximum atomic E-state index is 11.7. The SMILES string of the molecule is O=C(NC1CCCCCCC1)c1cn[nH]n1. The van der Waals surface area contributed by atoms with Crippen LogP contribution < -0.4 is 5.32 Å². The summed E-state index contributed by atoms with van der Waals surface area (Å²) in [4.78, 5) is 11.7. The molecule has 5 heteroatoms. The molecule has 0 radical (unpaired) electrons. The van der Waals surface area contributed by atoms with Gasteiger partial charge in [-0.25, -0.2) is 0 Å². The summed E-state index contributed by atoms with van der Waals surface area (Å²) >= 11 is 0. The molecular weight excluding hydrogens is 204 g/mol. The van der Waals surface area contributed by atoms with Crippen LogP contribution >= 0.6 is 0 Å². The molecule has 0 bridgehead atoms. The first-order valence-corrected chi connectivity index (χ1v) is 6.03. The van der Waals surface area contributed by atoms with Crippen LogP contribution in [0.1, 0.15) is 55.4 Å². The summed E-state index contributed by atoms with van der Waals surface area (Å²) in [7, 11) is 0. The van der Waals surface area contributed by atoms with Crippen LogP contribution in [0.5, 0.6) is 0 Å². The van der Waals surface area contributed by atoms with E-state index in [0.29, 0.717) is 11.7 Å². The maximum Gasteiger partial charge on any atom is 0.273 e. The molecule has 0 atom stereocenters. The zero-order valence-electron chi connectivity index (χ0n) is 9.41. The van der Waals surface area contributed by atoms with E-state index in [1.165, 1.54) is 38.3 Å². The summed E-state index contributed by atoms with van der Waals surface area (Å²) in [5.41, 5.74) is 0.377. The molecule has 0 spiro atoms. The number of H-pyrrole nitrogens is 1. The van der Waals surface area contributed by atoms with Crippen LogP contribution in [0.15, 0.2) is 6.20 Å². The summed E-state index contributed by atoms with van der Waals surface area (Å²) in [6.45, 7) is 0. The number of nitrogens with zero attached hydrogens (tertiary/aromatic N) is 2. The van der Waals surface area contributed by atoms with E-state index in [-0.39, 0.29) is 5.91 Å². The zero-order chi connectivity index (χ0) is 11.2. The number of amides is 1. The third kappa shape index (κ3) is 3.05. The van der Waals surface area contributed by atoms with Gasteiger partial charge in [-0.3, -0.25) is 4.79 Å². The van der Waals surface area contributed by atoms with Gasteiger partial charge in [0.1, 0.15) is 0 Å². The Morgan fingerprint density at radius 2 is 1.94 bits per heavy atom. The molecule has 1 amide bonds. The number of carbonyl (C=O) groups is 1. The zero-order valence-corrected chi connectivity index (χ0v) is 9.41. The fourth-order valence-corrected chi connectivity index (χ4v) is 2.17. The lowest BCUT2D eigenvalue weighted by Crippen LogP contribution is -2.35. The standard InChI is InChI=1S/C11H18N4O/c16-11(10-8-12-15-14-10)13-9-6-4-2-1-3-5-7-9/h8-9H,1-7H2,(H,13,16)(H,12,14,15). The fourth-order valence-electron chi connectivity index (χ4n) is 2.17.